The molecule has 1 heterocycles. The van der Waals surface area contributed by atoms with Crippen molar-refractivity contribution < 1.29 is 19.0 Å². The van der Waals surface area contributed by atoms with Crippen LogP contribution >= 0.6 is 0 Å². The fraction of sp³-hybridized carbons (Fsp3) is 0.207. The number of hydrogen-bond donors (Lipinski definition) is 2. The van der Waals surface area contributed by atoms with E-state index in [0.717, 1.165) is 28.9 Å². The number of aliphatic carboxylic acids is 1. The van der Waals surface area contributed by atoms with Crippen molar-refractivity contribution in [1.82, 2.24) is 4.98 Å². The van der Waals surface area contributed by atoms with Gasteiger partial charge in [0.15, 0.2) is 0 Å². The number of carbonyl (C=O) groups is 1. The molecule has 0 fully saturated rings. The maximum Gasteiger partial charge on any atom is 0.325 e. The third kappa shape index (κ3) is 5.35. The Morgan fingerprint density at radius 2 is 1.86 bits per heavy atom. The van der Waals surface area contributed by atoms with Crippen molar-refractivity contribution in [3.8, 4) is 28.1 Å². The van der Waals surface area contributed by atoms with Crippen LogP contribution in [0.25, 0.3) is 33.3 Å². The van der Waals surface area contributed by atoms with Crippen LogP contribution in [0, 0.1) is 5.82 Å². The predicted octanol–water partition coefficient (Wildman–Crippen LogP) is 6.43. The highest BCUT2D eigenvalue weighted by molar-refractivity contribution is 6.07. The number of halogens is 1. The van der Waals surface area contributed by atoms with Gasteiger partial charge in [-0.15, -0.1) is 0 Å². The maximum absolute atomic E-state index is 14.1. The fourth-order valence-corrected chi connectivity index (χ4v) is 3.96. The minimum Gasteiger partial charge on any atom is -0.494 e. The minimum absolute atomic E-state index is 0.433. The number of fused-ring (bicyclic) bond motifs is 1. The molecular formula is C29H28FN3O3. The molecule has 0 saturated carbocycles. The van der Waals surface area contributed by atoms with E-state index >= 15 is 0 Å². The Morgan fingerprint density at radius 3 is 2.56 bits per heavy atom. The number of anilines is 1. The van der Waals surface area contributed by atoms with Gasteiger partial charge in [-0.2, -0.15) is 0 Å². The molecule has 0 bridgehead atoms. The molecule has 0 aliphatic heterocycles. The van der Waals surface area contributed by atoms with E-state index in [4.69, 9.17) is 9.72 Å². The number of nitrogens with zero attached hydrogens (tertiary/aromatic N) is 2. The van der Waals surface area contributed by atoms with E-state index in [1.54, 1.807) is 19.3 Å². The predicted molar refractivity (Wildman–Crippen MR) is 143 cm³/mol. The highest BCUT2D eigenvalue weighted by Crippen LogP contribution is 2.35. The van der Waals surface area contributed by atoms with Crippen LogP contribution in [0.3, 0.4) is 0 Å². The van der Waals surface area contributed by atoms with Crippen molar-refractivity contribution in [3.63, 3.8) is 0 Å². The third-order valence-corrected chi connectivity index (χ3v) is 5.77. The first-order valence-corrected chi connectivity index (χ1v) is 11.8. The molecule has 1 unspecified atom stereocenters. The van der Waals surface area contributed by atoms with Gasteiger partial charge in [-0.1, -0.05) is 43.3 Å². The van der Waals surface area contributed by atoms with E-state index in [1.165, 1.54) is 19.1 Å². The van der Waals surface area contributed by atoms with Crippen molar-refractivity contribution in [2.75, 3.05) is 19.0 Å². The van der Waals surface area contributed by atoms with Crippen LogP contribution in [-0.4, -0.2) is 42.0 Å². The van der Waals surface area contributed by atoms with E-state index < -0.39 is 17.8 Å². The van der Waals surface area contributed by atoms with Crippen LogP contribution in [0.5, 0.6) is 5.75 Å². The van der Waals surface area contributed by atoms with Crippen LogP contribution in [0.2, 0.25) is 0 Å². The molecule has 0 radical (unpaired) electrons. The van der Waals surface area contributed by atoms with E-state index in [2.05, 4.69) is 17.2 Å². The van der Waals surface area contributed by atoms with E-state index in [0.29, 0.717) is 34.5 Å². The molecule has 0 spiro atoms. The van der Waals surface area contributed by atoms with Crippen LogP contribution in [0.1, 0.15) is 25.8 Å². The minimum atomic E-state index is -1.02. The van der Waals surface area contributed by atoms with Gasteiger partial charge in [-0.25, -0.2) is 9.37 Å². The zero-order valence-corrected chi connectivity index (χ0v) is 20.5. The number of hydrogen-bond acceptors (Lipinski definition) is 5. The number of aromatic nitrogens is 1. The van der Waals surface area contributed by atoms with E-state index in [9.17, 15) is 14.3 Å². The summed E-state index contributed by atoms with van der Waals surface area (Å²) < 4.78 is 19.9. The zero-order chi connectivity index (χ0) is 25.7. The van der Waals surface area contributed by atoms with Gasteiger partial charge in [-0.05, 0) is 54.8 Å². The lowest BCUT2D eigenvalue weighted by Crippen LogP contribution is -2.26. The van der Waals surface area contributed by atoms with Crippen LogP contribution in [-0.2, 0) is 4.79 Å². The highest BCUT2D eigenvalue weighted by atomic mass is 19.1. The Hall–Kier alpha value is -4.26. The van der Waals surface area contributed by atoms with Gasteiger partial charge in [-0.3, -0.25) is 9.79 Å². The average molecular weight is 486 g/mol. The molecular weight excluding hydrogens is 457 g/mol. The SMILES string of the molecule is CCCOc1cccc(-c2ccc(-c3nc4ccc(F)cc4c(NC(C)C(=O)O)c3C=NC)cc2)c1. The summed E-state index contributed by atoms with van der Waals surface area (Å²) in [5, 5.41) is 13.0. The van der Waals surface area contributed by atoms with Crippen LogP contribution < -0.4 is 10.1 Å². The molecule has 1 aromatic heterocycles. The number of carboxylic acids is 1. The molecule has 0 aliphatic carbocycles. The molecule has 1 atom stereocenters. The average Bonchev–Trinajstić information content (AvgIpc) is 2.89. The fourth-order valence-electron chi connectivity index (χ4n) is 3.96. The topological polar surface area (TPSA) is 83.8 Å². The Bertz CT molecular complexity index is 1420. The van der Waals surface area contributed by atoms with Crippen molar-refractivity contribution in [2.24, 2.45) is 4.99 Å². The first-order chi connectivity index (χ1) is 17.4. The third-order valence-electron chi connectivity index (χ3n) is 5.77. The first kappa shape index (κ1) is 24.9. The Kier molecular flexibility index (Phi) is 7.59. The lowest BCUT2D eigenvalue weighted by molar-refractivity contribution is -0.137. The largest absolute Gasteiger partial charge is 0.494 e. The number of nitrogens with one attached hydrogen (secondary N) is 1. The summed E-state index contributed by atoms with van der Waals surface area (Å²) in [6.45, 7) is 4.27. The van der Waals surface area contributed by atoms with Crippen molar-refractivity contribution in [3.05, 3.63) is 78.1 Å². The summed E-state index contributed by atoms with van der Waals surface area (Å²) in [5.41, 5.74) is 5.10. The summed E-state index contributed by atoms with van der Waals surface area (Å²) in [7, 11) is 1.63. The van der Waals surface area contributed by atoms with E-state index in [1.807, 2.05) is 48.5 Å². The molecule has 0 aliphatic rings. The standard InChI is InChI=1S/C29H28FN3O3/c1-4-14-36-23-7-5-6-21(15-23)19-8-10-20(11-9-19)27-25(17-31-3)28(32-18(2)29(34)35)24-16-22(30)12-13-26(24)33-27/h5-13,15-18H,4,14H2,1-3H3,(H,32,33)(H,34,35). The second kappa shape index (κ2) is 11.0. The quantitative estimate of drug-likeness (QED) is 0.267. The van der Waals surface area contributed by atoms with Gasteiger partial charge in [0.25, 0.3) is 0 Å². The van der Waals surface area contributed by atoms with Crippen molar-refractivity contribution in [2.45, 2.75) is 26.3 Å². The molecule has 36 heavy (non-hydrogen) atoms. The number of pyridine rings is 1. The Balaban J connectivity index is 1.82. The highest BCUT2D eigenvalue weighted by Gasteiger charge is 2.20. The zero-order valence-electron chi connectivity index (χ0n) is 20.5. The first-order valence-electron chi connectivity index (χ1n) is 11.8. The van der Waals surface area contributed by atoms with Gasteiger partial charge < -0.3 is 15.2 Å². The molecule has 4 aromatic rings. The number of aliphatic imine (C=N–C) groups is 1. The molecule has 7 heteroatoms. The van der Waals surface area contributed by atoms with Gasteiger partial charge in [0.1, 0.15) is 17.6 Å². The van der Waals surface area contributed by atoms with Crippen LogP contribution in [0.15, 0.2) is 71.7 Å². The molecule has 184 valence electrons. The normalized spacial score (nSPS) is 12.1. The van der Waals surface area contributed by atoms with Gasteiger partial charge >= 0.3 is 5.97 Å². The molecule has 4 rings (SSSR count). The monoisotopic (exact) mass is 485 g/mol. The van der Waals surface area contributed by atoms with Crippen molar-refractivity contribution >= 4 is 28.8 Å². The number of ether oxygens (including phenoxy) is 1. The van der Waals surface area contributed by atoms with Crippen molar-refractivity contribution in [1.29, 1.82) is 0 Å². The molecule has 6 nitrogen and oxygen atoms in total. The molecule has 0 saturated heterocycles. The van der Waals surface area contributed by atoms with E-state index in [-0.39, 0.29) is 0 Å². The summed E-state index contributed by atoms with van der Waals surface area (Å²) in [5.74, 6) is -0.629. The Morgan fingerprint density at radius 1 is 1.11 bits per heavy atom. The Labute approximate surface area is 209 Å². The summed E-state index contributed by atoms with van der Waals surface area (Å²) in [6, 6.07) is 19.3. The second-order valence-corrected chi connectivity index (χ2v) is 8.46. The van der Waals surface area contributed by atoms with Crippen LogP contribution in [0.4, 0.5) is 10.1 Å². The summed E-state index contributed by atoms with van der Waals surface area (Å²) in [4.78, 5) is 20.6. The van der Waals surface area contributed by atoms with Gasteiger partial charge in [0, 0.05) is 29.8 Å². The summed E-state index contributed by atoms with van der Waals surface area (Å²) >= 11 is 0. The molecule has 0 amide bonds. The summed E-state index contributed by atoms with van der Waals surface area (Å²) in [6.07, 6.45) is 2.56. The van der Waals surface area contributed by atoms with Gasteiger partial charge in [0.2, 0.25) is 0 Å². The number of benzene rings is 3. The second-order valence-electron chi connectivity index (χ2n) is 8.46. The lowest BCUT2D eigenvalue weighted by atomic mass is 9.98. The number of rotatable bonds is 9. The number of carboxylic acid groups (broad SMARTS) is 1. The molecule has 2 N–H and O–H groups in total. The lowest BCUT2D eigenvalue weighted by Gasteiger charge is -2.19. The maximum atomic E-state index is 14.1. The molecule has 3 aromatic carbocycles. The smallest absolute Gasteiger partial charge is 0.325 e. The van der Waals surface area contributed by atoms with Gasteiger partial charge in [0.05, 0.1) is 23.5 Å².